The third kappa shape index (κ3) is 4.06. The van der Waals surface area contributed by atoms with Crippen molar-refractivity contribution >= 4 is 27.4 Å². The van der Waals surface area contributed by atoms with Crippen LogP contribution in [0.25, 0.3) is 10.2 Å². The summed E-state index contributed by atoms with van der Waals surface area (Å²) in [7, 11) is 0. The predicted molar refractivity (Wildman–Crippen MR) is 118 cm³/mol. The Morgan fingerprint density at radius 1 is 1.07 bits per heavy atom. The number of anilines is 1. The maximum absolute atomic E-state index is 13.5. The fourth-order valence-electron chi connectivity index (χ4n) is 4.77. The number of nitrogens with one attached hydrogen (secondary N) is 2. The van der Waals surface area contributed by atoms with Crippen LogP contribution in [0.15, 0.2) is 30.6 Å². The molecule has 0 saturated carbocycles. The molecule has 158 valence electrons. The zero-order valence-corrected chi connectivity index (χ0v) is 17.9. The number of rotatable bonds is 5. The van der Waals surface area contributed by atoms with E-state index >= 15 is 0 Å². The molecule has 7 heteroatoms. The average molecular weight is 428 g/mol. The molecule has 1 aliphatic heterocycles. The first kappa shape index (κ1) is 19.8. The number of morpholine rings is 1. The van der Waals surface area contributed by atoms with E-state index in [0.717, 1.165) is 61.9 Å². The largest absolute Gasteiger partial charge is 0.370 e. The summed E-state index contributed by atoms with van der Waals surface area (Å²) in [6.07, 6.45) is 7.76. The summed E-state index contributed by atoms with van der Waals surface area (Å²) in [4.78, 5) is 13.2. The minimum atomic E-state index is -0.194. The minimum Gasteiger partial charge on any atom is -0.370 e. The number of nitrogens with zero attached hydrogens (tertiary/aromatic N) is 2. The molecule has 1 fully saturated rings. The van der Waals surface area contributed by atoms with Crippen LogP contribution < -0.4 is 10.2 Å². The van der Waals surface area contributed by atoms with Crippen LogP contribution in [0.4, 0.5) is 10.2 Å². The molecule has 2 aromatic heterocycles. The molecule has 1 saturated heterocycles. The molecule has 1 atom stereocenters. The van der Waals surface area contributed by atoms with Gasteiger partial charge in [0, 0.05) is 10.4 Å². The number of hydrogen-bond acceptors (Lipinski definition) is 5. The molecule has 1 aliphatic carbocycles. The number of halogens is 1. The van der Waals surface area contributed by atoms with E-state index in [-0.39, 0.29) is 11.9 Å². The van der Waals surface area contributed by atoms with Crippen molar-refractivity contribution in [3.63, 3.8) is 0 Å². The fraction of sp³-hybridized carbons (Fsp3) is 0.478. The van der Waals surface area contributed by atoms with Crippen LogP contribution in [0.3, 0.4) is 0 Å². The Bertz CT molecular complexity index is 1000. The summed E-state index contributed by atoms with van der Waals surface area (Å²) in [5.41, 5.74) is 2.60. The van der Waals surface area contributed by atoms with Crippen LogP contribution in [-0.2, 0) is 17.6 Å². The normalized spacial score (nSPS) is 18.7. The summed E-state index contributed by atoms with van der Waals surface area (Å²) in [5.74, 6) is 0.750. The number of aromatic nitrogens is 2. The standard InChI is InChI=1S/C23H27FN4OS/c24-17-8-6-16(7-9-17)19(28-10-12-29-13-11-28)14-25-22-21-18-4-2-1-3-5-20(18)30-23(21)27-15-26-22/h6-9,15,19H,1-5,10-14H2,(H,25,26,27)/p+1/t19-/m1/s1. The highest BCUT2D eigenvalue weighted by Crippen LogP contribution is 2.37. The van der Waals surface area contributed by atoms with Gasteiger partial charge >= 0.3 is 0 Å². The maximum atomic E-state index is 13.5. The Morgan fingerprint density at radius 2 is 1.87 bits per heavy atom. The monoisotopic (exact) mass is 427 g/mol. The third-order valence-electron chi connectivity index (χ3n) is 6.38. The SMILES string of the molecule is Fc1ccc([C@@H](CNc2ncnc3sc4c(c23)CCCCC4)[NH+]2CCOCC2)cc1. The van der Waals surface area contributed by atoms with Gasteiger partial charge < -0.3 is 15.0 Å². The third-order valence-corrected chi connectivity index (χ3v) is 7.57. The van der Waals surface area contributed by atoms with Crippen LogP contribution in [0.1, 0.15) is 41.3 Å². The van der Waals surface area contributed by atoms with E-state index in [9.17, 15) is 4.39 Å². The molecule has 2 aliphatic rings. The quantitative estimate of drug-likeness (QED) is 0.614. The number of benzene rings is 1. The molecule has 0 amide bonds. The zero-order chi connectivity index (χ0) is 20.3. The molecule has 3 heterocycles. The number of fused-ring (bicyclic) bond motifs is 3. The second kappa shape index (κ2) is 8.96. The molecule has 0 bridgehead atoms. The smallest absolute Gasteiger partial charge is 0.138 e. The van der Waals surface area contributed by atoms with Gasteiger partial charge in [0.2, 0.25) is 0 Å². The number of ether oxygens (including phenoxy) is 1. The van der Waals surface area contributed by atoms with E-state index in [1.807, 2.05) is 23.5 Å². The van der Waals surface area contributed by atoms with Crippen molar-refractivity contribution in [1.82, 2.24) is 9.97 Å². The number of quaternary nitrogens is 1. The van der Waals surface area contributed by atoms with Crippen LogP contribution in [-0.4, -0.2) is 42.8 Å². The number of thiophene rings is 1. The first-order valence-corrected chi connectivity index (χ1v) is 11.8. The summed E-state index contributed by atoms with van der Waals surface area (Å²) in [6, 6.07) is 7.16. The van der Waals surface area contributed by atoms with Gasteiger partial charge in [-0.15, -0.1) is 11.3 Å². The number of aryl methyl sites for hydroxylation is 2. The summed E-state index contributed by atoms with van der Waals surface area (Å²) in [5, 5.41) is 4.87. The highest BCUT2D eigenvalue weighted by Gasteiger charge is 2.27. The molecule has 5 nitrogen and oxygen atoms in total. The van der Waals surface area contributed by atoms with Gasteiger partial charge in [-0.05, 0) is 43.4 Å². The fourth-order valence-corrected chi connectivity index (χ4v) is 6.00. The van der Waals surface area contributed by atoms with E-state index in [1.54, 1.807) is 18.5 Å². The minimum absolute atomic E-state index is 0.194. The van der Waals surface area contributed by atoms with E-state index < -0.39 is 0 Å². The maximum Gasteiger partial charge on any atom is 0.138 e. The molecule has 2 N–H and O–H groups in total. The summed E-state index contributed by atoms with van der Waals surface area (Å²) >= 11 is 1.83. The van der Waals surface area contributed by atoms with Gasteiger partial charge in [0.05, 0.1) is 25.1 Å². The van der Waals surface area contributed by atoms with Crippen molar-refractivity contribution < 1.29 is 14.0 Å². The van der Waals surface area contributed by atoms with E-state index in [4.69, 9.17) is 4.74 Å². The van der Waals surface area contributed by atoms with Gasteiger partial charge in [0.25, 0.3) is 0 Å². The zero-order valence-electron chi connectivity index (χ0n) is 17.1. The molecule has 0 spiro atoms. The number of hydrogen-bond donors (Lipinski definition) is 2. The van der Waals surface area contributed by atoms with Crippen molar-refractivity contribution in [2.24, 2.45) is 0 Å². The molecular weight excluding hydrogens is 399 g/mol. The Kier molecular flexibility index (Phi) is 5.93. The second-order valence-corrected chi connectivity index (χ2v) is 9.31. The molecular formula is C23H28FN4OS+. The molecule has 5 rings (SSSR count). The van der Waals surface area contributed by atoms with Gasteiger partial charge in [-0.1, -0.05) is 18.6 Å². The van der Waals surface area contributed by atoms with Crippen molar-refractivity contribution in [2.45, 2.75) is 38.1 Å². The van der Waals surface area contributed by atoms with Crippen molar-refractivity contribution in [3.05, 3.63) is 52.4 Å². The lowest BCUT2D eigenvalue weighted by Crippen LogP contribution is -3.14. The highest BCUT2D eigenvalue weighted by atomic mass is 32.1. The van der Waals surface area contributed by atoms with Crippen LogP contribution in [0, 0.1) is 5.82 Å². The Morgan fingerprint density at radius 3 is 2.70 bits per heavy atom. The van der Waals surface area contributed by atoms with Gasteiger partial charge in [0.15, 0.2) is 0 Å². The van der Waals surface area contributed by atoms with Crippen LogP contribution in [0.5, 0.6) is 0 Å². The van der Waals surface area contributed by atoms with E-state index in [0.29, 0.717) is 0 Å². The first-order valence-electron chi connectivity index (χ1n) is 11.0. The van der Waals surface area contributed by atoms with E-state index in [2.05, 4.69) is 15.3 Å². The average Bonchev–Trinajstić information content (AvgIpc) is 2.98. The van der Waals surface area contributed by atoms with Gasteiger partial charge in [-0.2, -0.15) is 0 Å². The van der Waals surface area contributed by atoms with Crippen LogP contribution in [0.2, 0.25) is 0 Å². The Labute approximate surface area is 180 Å². The van der Waals surface area contributed by atoms with Gasteiger partial charge in [0.1, 0.15) is 41.9 Å². The second-order valence-electron chi connectivity index (χ2n) is 8.22. The van der Waals surface area contributed by atoms with Crippen LogP contribution >= 0.6 is 11.3 Å². The lowest BCUT2D eigenvalue weighted by atomic mass is 10.0. The molecule has 1 aromatic carbocycles. The van der Waals surface area contributed by atoms with Crippen molar-refractivity contribution in [2.75, 3.05) is 38.2 Å². The molecule has 0 radical (unpaired) electrons. The molecule has 30 heavy (non-hydrogen) atoms. The summed E-state index contributed by atoms with van der Waals surface area (Å²) in [6.45, 7) is 4.19. The van der Waals surface area contributed by atoms with Gasteiger partial charge in [-0.3, -0.25) is 0 Å². The molecule has 3 aromatic rings. The lowest BCUT2D eigenvalue weighted by Gasteiger charge is -2.32. The van der Waals surface area contributed by atoms with Gasteiger partial charge in [-0.25, -0.2) is 14.4 Å². The lowest BCUT2D eigenvalue weighted by molar-refractivity contribution is -0.937. The Hall–Kier alpha value is -2.09. The van der Waals surface area contributed by atoms with Crippen molar-refractivity contribution in [1.29, 1.82) is 0 Å². The van der Waals surface area contributed by atoms with E-state index in [1.165, 1.54) is 40.0 Å². The predicted octanol–water partition coefficient (Wildman–Crippen LogP) is 3.17. The summed E-state index contributed by atoms with van der Waals surface area (Å²) < 4.78 is 19.1. The highest BCUT2D eigenvalue weighted by molar-refractivity contribution is 7.18. The Balaban J connectivity index is 1.44. The topological polar surface area (TPSA) is 51.5 Å². The molecule has 0 unspecified atom stereocenters. The first-order chi connectivity index (χ1) is 14.8. The van der Waals surface area contributed by atoms with Crippen molar-refractivity contribution in [3.8, 4) is 0 Å².